The second-order valence-electron chi connectivity index (χ2n) is 7.06. The summed E-state index contributed by atoms with van der Waals surface area (Å²) in [6.07, 6.45) is 1.12. The molecule has 0 bridgehead atoms. The Balaban J connectivity index is 2.63. The second-order valence-corrected chi connectivity index (χ2v) is 7.06. The normalized spacial score (nSPS) is 14.3. The summed E-state index contributed by atoms with van der Waals surface area (Å²) in [5.41, 5.74) is 1.09. The molecule has 2 unspecified atom stereocenters. The van der Waals surface area contributed by atoms with Gasteiger partial charge in [-0.15, -0.1) is 0 Å². The summed E-state index contributed by atoms with van der Waals surface area (Å²) in [6, 6.07) is 7.55. The quantitative estimate of drug-likeness (QED) is 0.814. The number of carbonyl (C=O) groups excluding carboxylic acids is 1. The molecule has 4 nitrogen and oxygen atoms in total. The molecule has 22 heavy (non-hydrogen) atoms. The topological polar surface area (TPSA) is 58.6 Å². The standard InChI is InChI=1S/C18H29NO3/c1-13(15-8-6-7-9-16(15)22-5)10-17(21)19-14(12-20)11-18(2,3)4/h6-9,13-14,20H,10-12H2,1-5H3,(H,19,21). The van der Waals surface area contributed by atoms with E-state index in [0.717, 1.165) is 17.7 Å². The van der Waals surface area contributed by atoms with Gasteiger partial charge in [0.2, 0.25) is 5.91 Å². The molecule has 0 saturated heterocycles. The maximum absolute atomic E-state index is 12.2. The molecule has 0 fully saturated rings. The summed E-state index contributed by atoms with van der Waals surface area (Å²) < 4.78 is 5.34. The van der Waals surface area contributed by atoms with Crippen LogP contribution in [0.15, 0.2) is 24.3 Å². The number of nitrogens with one attached hydrogen (secondary N) is 1. The van der Waals surface area contributed by atoms with Gasteiger partial charge in [-0.05, 0) is 29.4 Å². The van der Waals surface area contributed by atoms with Crippen molar-refractivity contribution in [1.29, 1.82) is 0 Å². The minimum absolute atomic E-state index is 0.0357. The van der Waals surface area contributed by atoms with Crippen LogP contribution in [0.5, 0.6) is 5.75 Å². The Morgan fingerprint density at radius 2 is 1.95 bits per heavy atom. The van der Waals surface area contributed by atoms with Gasteiger partial charge in [0.05, 0.1) is 19.8 Å². The molecule has 0 aliphatic heterocycles. The van der Waals surface area contributed by atoms with E-state index in [9.17, 15) is 9.90 Å². The molecule has 0 heterocycles. The third-order valence-corrected chi connectivity index (χ3v) is 3.61. The van der Waals surface area contributed by atoms with Crippen molar-refractivity contribution >= 4 is 5.91 Å². The van der Waals surface area contributed by atoms with Gasteiger partial charge in [-0.3, -0.25) is 4.79 Å². The zero-order valence-corrected chi connectivity index (χ0v) is 14.3. The van der Waals surface area contributed by atoms with Gasteiger partial charge in [0.1, 0.15) is 5.75 Å². The van der Waals surface area contributed by atoms with E-state index in [1.54, 1.807) is 7.11 Å². The summed E-state index contributed by atoms with van der Waals surface area (Å²) >= 11 is 0. The molecule has 4 heteroatoms. The van der Waals surface area contributed by atoms with E-state index in [4.69, 9.17) is 4.74 Å². The minimum Gasteiger partial charge on any atom is -0.496 e. The molecule has 2 atom stereocenters. The van der Waals surface area contributed by atoms with E-state index in [1.165, 1.54) is 0 Å². The largest absolute Gasteiger partial charge is 0.496 e. The first-order chi connectivity index (χ1) is 10.3. The Bertz CT molecular complexity index is 479. The summed E-state index contributed by atoms with van der Waals surface area (Å²) in [6.45, 7) is 8.26. The predicted octanol–water partition coefficient (Wildman–Crippen LogP) is 3.10. The summed E-state index contributed by atoms with van der Waals surface area (Å²) in [4.78, 5) is 12.2. The van der Waals surface area contributed by atoms with Crippen LogP contribution in [-0.4, -0.2) is 30.8 Å². The van der Waals surface area contributed by atoms with E-state index >= 15 is 0 Å². The Hall–Kier alpha value is -1.55. The van der Waals surface area contributed by atoms with Gasteiger partial charge in [0, 0.05) is 6.42 Å². The maximum atomic E-state index is 12.2. The number of carbonyl (C=O) groups is 1. The summed E-state index contributed by atoms with van der Waals surface area (Å²) in [5, 5.41) is 12.4. The van der Waals surface area contributed by atoms with Crippen LogP contribution < -0.4 is 10.1 Å². The van der Waals surface area contributed by atoms with Crippen molar-refractivity contribution in [3.63, 3.8) is 0 Å². The lowest BCUT2D eigenvalue weighted by Gasteiger charge is -2.26. The SMILES string of the molecule is COc1ccccc1C(C)CC(=O)NC(CO)CC(C)(C)C. The third kappa shape index (κ3) is 6.06. The minimum atomic E-state index is -0.197. The van der Waals surface area contributed by atoms with Crippen molar-refractivity contribution in [2.24, 2.45) is 5.41 Å². The van der Waals surface area contributed by atoms with Gasteiger partial charge in [-0.25, -0.2) is 0 Å². The van der Waals surface area contributed by atoms with Crippen LogP contribution in [0.3, 0.4) is 0 Å². The summed E-state index contributed by atoms with van der Waals surface area (Å²) in [7, 11) is 1.64. The highest BCUT2D eigenvalue weighted by atomic mass is 16.5. The van der Waals surface area contributed by atoms with E-state index in [1.807, 2.05) is 31.2 Å². The first-order valence-electron chi connectivity index (χ1n) is 7.80. The number of aliphatic hydroxyl groups is 1. The van der Waals surface area contributed by atoms with Crippen LogP contribution in [0.25, 0.3) is 0 Å². The number of ether oxygens (including phenoxy) is 1. The monoisotopic (exact) mass is 307 g/mol. The van der Waals surface area contributed by atoms with Gasteiger partial charge in [-0.1, -0.05) is 45.9 Å². The lowest BCUT2D eigenvalue weighted by atomic mass is 9.88. The number of methoxy groups -OCH3 is 1. The molecule has 0 aromatic heterocycles. The highest BCUT2D eigenvalue weighted by molar-refractivity contribution is 5.77. The van der Waals surface area contributed by atoms with E-state index in [-0.39, 0.29) is 29.9 Å². The molecule has 1 aromatic carbocycles. The number of para-hydroxylation sites is 1. The molecular weight excluding hydrogens is 278 g/mol. The van der Waals surface area contributed by atoms with Crippen molar-refractivity contribution in [2.75, 3.05) is 13.7 Å². The van der Waals surface area contributed by atoms with Gasteiger partial charge in [0.25, 0.3) is 0 Å². The first-order valence-corrected chi connectivity index (χ1v) is 7.80. The lowest BCUT2D eigenvalue weighted by Crippen LogP contribution is -2.40. The first kappa shape index (κ1) is 18.5. The average Bonchev–Trinajstić information content (AvgIpc) is 2.44. The number of rotatable bonds is 7. The van der Waals surface area contributed by atoms with Crippen molar-refractivity contribution in [3.05, 3.63) is 29.8 Å². The van der Waals surface area contributed by atoms with Crippen molar-refractivity contribution in [1.82, 2.24) is 5.32 Å². The molecule has 0 aliphatic carbocycles. The van der Waals surface area contributed by atoms with Crippen molar-refractivity contribution in [2.45, 2.75) is 52.5 Å². The average molecular weight is 307 g/mol. The Morgan fingerprint density at radius 3 is 2.50 bits per heavy atom. The molecule has 0 radical (unpaired) electrons. The highest BCUT2D eigenvalue weighted by Crippen LogP contribution is 2.28. The maximum Gasteiger partial charge on any atom is 0.220 e. The molecular formula is C18H29NO3. The smallest absolute Gasteiger partial charge is 0.220 e. The fraction of sp³-hybridized carbons (Fsp3) is 0.611. The Morgan fingerprint density at radius 1 is 1.32 bits per heavy atom. The molecule has 2 N–H and O–H groups in total. The molecule has 124 valence electrons. The zero-order valence-electron chi connectivity index (χ0n) is 14.3. The Kier molecular flexibility index (Phi) is 6.88. The molecule has 0 spiro atoms. The van der Waals surface area contributed by atoms with Crippen LogP contribution in [-0.2, 0) is 4.79 Å². The fourth-order valence-electron chi connectivity index (χ4n) is 2.65. The molecule has 1 rings (SSSR count). The number of hydrogen-bond donors (Lipinski definition) is 2. The Labute approximate surface area is 133 Å². The van der Waals surface area contributed by atoms with Gasteiger partial charge >= 0.3 is 0 Å². The predicted molar refractivity (Wildman–Crippen MR) is 89.1 cm³/mol. The molecule has 1 aromatic rings. The van der Waals surface area contributed by atoms with Crippen LogP contribution in [0.4, 0.5) is 0 Å². The number of benzene rings is 1. The number of amides is 1. The fourth-order valence-corrected chi connectivity index (χ4v) is 2.65. The number of aliphatic hydroxyl groups excluding tert-OH is 1. The van der Waals surface area contributed by atoms with Crippen molar-refractivity contribution < 1.29 is 14.6 Å². The van der Waals surface area contributed by atoms with E-state index < -0.39 is 0 Å². The van der Waals surface area contributed by atoms with E-state index in [0.29, 0.717) is 6.42 Å². The molecule has 0 aliphatic rings. The van der Waals surface area contributed by atoms with Crippen molar-refractivity contribution in [3.8, 4) is 5.75 Å². The lowest BCUT2D eigenvalue weighted by molar-refractivity contribution is -0.122. The van der Waals surface area contributed by atoms with Gasteiger partial charge < -0.3 is 15.2 Å². The van der Waals surface area contributed by atoms with Crippen LogP contribution in [0.1, 0.15) is 52.0 Å². The highest BCUT2D eigenvalue weighted by Gasteiger charge is 2.21. The van der Waals surface area contributed by atoms with Crippen LogP contribution in [0.2, 0.25) is 0 Å². The third-order valence-electron chi connectivity index (χ3n) is 3.61. The second kappa shape index (κ2) is 8.18. The number of hydrogen-bond acceptors (Lipinski definition) is 3. The van der Waals surface area contributed by atoms with Crippen LogP contribution in [0, 0.1) is 5.41 Å². The van der Waals surface area contributed by atoms with E-state index in [2.05, 4.69) is 26.1 Å². The molecule has 1 amide bonds. The zero-order chi connectivity index (χ0) is 16.8. The summed E-state index contributed by atoms with van der Waals surface area (Å²) in [5.74, 6) is 0.822. The van der Waals surface area contributed by atoms with Gasteiger partial charge in [-0.2, -0.15) is 0 Å². The van der Waals surface area contributed by atoms with Gasteiger partial charge in [0.15, 0.2) is 0 Å². The van der Waals surface area contributed by atoms with Crippen LogP contribution >= 0.6 is 0 Å². The molecule has 0 saturated carbocycles.